The summed E-state index contributed by atoms with van der Waals surface area (Å²) < 4.78 is 12.1. The van der Waals surface area contributed by atoms with E-state index in [-0.39, 0.29) is 17.8 Å². The Kier molecular flexibility index (Phi) is 7.72. The number of hydrogen-bond donors (Lipinski definition) is 3. The maximum absolute atomic E-state index is 12.8. The summed E-state index contributed by atoms with van der Waals surface area (Å²) in [5.41, 5.74) is 1.60. The number of carbonyl (C=O) groups excluding carboxylic acids is 1. The number of rotatable bonds is 8. The summed E-state index contributed by atoms with van der Waals surface area (Å²) in [7, 11) is 3.14. The van der Waals surface area contributed by atoms with Crippen LogP contribution in [-0.2, 0) is 16.8 Å². The zero-order chi connectivity index (χ0) is 27.4. The molecule has 0 saturated heterocycles. The van der Waals surface area contributed by atoms with Crippen LogP contribution in [0.25, 0.3) is 10.9 Å². The highest BCUT2D eigenvalue weighted by Gasteiger charge is 2.22. The van der Waals surface area contributed by atoms with Crippen LogP contribution in [0.4, 0.5) is 16.3 Å². The number of carbonyl (C=O) groups is 2. The van der Waals surface area contributed by atoms with Crippen molar-refractivity contribution in [2.24, 2.45) is 0 Å². The second-order valence-corrected chi connectivity index (χ2v) is 10.4. The van der Waals surface area contributed by atoms with E-state index >= 15 is 0 Å². The Morgan fingerprint density at radius 2 is 1.76 bits per heavy atom. The second-order valence-electron chi connectivity index (χ2n) is 9.33. The average molecular weight is 537 g/mol. The third-order valence-electron chi connectivity index (χ3n) is 5.49. The van der Waals surface area contributed by atoms with E-state index in [0.717, 1.165) is 10.3 Å². The normalized spacial score (nSPS) is 11.3. The zero-order valence-electron chi connectivity index (χ0n) is 21.6. The SMILES string of the molecule is COc1cc2ncnc(Sc3cccc(NC(=O)Nc4cc(C(C)(C)C)nn4CC(=O)O)c3)c2cc1OC. The molecule has 0 aliphatic rings. The van der Waals surface area contributed by atoms with E-state index < -0.39 is 12.0 Å². The molecule has 0 bridgehead atoms. The topological polar surface area (TPSA) is 140 Å². The summed E-state index contributed by atoms with van der Waals surface area (Å²) in [5, 5.41) is 20.6. The van der Waals surface area contributed by atoms with Crippen molar-refractivity contribution >= 4 is 46.2 Å². The molecule has 3 N–H and O–H groups in total. The van der Waals surface area contributed by atoms with Crippen LogP contribution >= 0.6 is 11.8 Å². The third-order valence-corrected chi connectivity index (χ3v) is 6.49. The number of nitrogens with one attached hydrogen (secondary N) is 2. The van der Waals surface area contributed by atoms with Gasteiger partial charge in [0.05, 0.1) is 25.4 Å². The minimum Gasteiger partial charge on any atom is -0.493 e. The number of urea groups is 1. The Hall–Kier alpha value is -4.32. The van der Waals surface area contributed by atoms with E-state index in [0.29, 0.717) is 33.4 Å². The van der Waals surface area contributed by atoms with Crippen molar-refractivity contribution in [3.63, 3.8) is 0 Å². The van der Waals surface area contributed by atoms with Crippen molar-refractivity contribution in [1.29, 1.82) is 0 Å². The standard InChI is InChI=1S/C26H28N6O5S/c1-26(2,3)21-12-22(32(31-21)13-23(33)34)30-25(35)29-15-7-6-8-16(9-15)38-24-17-10-19(36-4)20(37-5)11-18(17)27-14-28-24/h6-12,14H,13H2,1-5H3,(H,33,34)(H2,29,30,35). The van der Waals surface area contributed by atoms with Crippen LogP contribution in [-0.4, -0.2) is 51.1 Å². The van der Waals surface area contributed by atoms with Gasteiger partial charge in [0.25, 0.3) is 0 Å². The van der Waals surface area contributed by atoms with Crippen molar-refractivity contribution in [2.75, 3.05) is 24.9 Å². The summed E-state index contributed by atoms with van der Waals surface area (Å²) in [6.45, 7) is 5.50. The van der Waals surface area contributed by atoms with Crippen molar-refractivity contribution in [3.05, 3.63) is 54.5 Å². The maximum atomic E-state index is 12.8. The van der Waals surface area contributed by atoms with Crippen LogP contribution in [0.2, 0.25) is 0 Å². The predicted octanol–water partition coefficient (Wildman–Crippen LogP) is 5.02. The molecule has 11 nitrogen and oxygen atoms in total. The Labute approximate surface area is 223 Å². The first-order valence-electron chi connectivity index (χ1n) is 11.6. The smallest absolute Gasteiger partial charge is 0.325 e. The van der Waals surface area contributed by atoms with E-state index in [1.54, 1.807) is 32.4 Å². The summed E-state index contributed by atoms with van der Waals surface area (Å²) in [6.07, 6.45) is 1.48. The largest absolute Gasteiger partial charge is 0.493 e. The average Bonchev–Trinajstić information content (AvgIpc) is 3.25. The van der Waals surface area contributed by atoms with Gasteiger partial charge in [-0.1, -0.05) is 38.6 Å². The van der Waals surface area contributed by atoms with E-state index in [9.17, 15) is 14.7 Å². The lowest BCUT2D eigenvalue weighted by molar-refractivity contribution is -0.137. The molecular formula is C26H28N6O5S. The van der Waals surface area contributed by atoms with Gasteiger partial charge in [-0.3, -0.25) is 10.1 Å². The highest BCUT2D eigenvalue weighted by Crippen LogP contribution is 2.37. The third kappa shape index (κ3) is 6.14. The van der Waals surface area contributed by atoms with Gasteiger partial charge in [-0.2, -0.15) is 5.10 Å². The van der Waals surface area contributed by atoms with Gasteiger partial charge < -0.3 is 19.9 Å². The van der Waals surface area contributed by atoms with Gasteiger partial charge in [0, 0.05) is 33.5 Å². The maximum Gasteiger partial charge on any atom is 0.325 e. The number of nitrogens with zero attached hydrogens (tertiary/aromatic N) is 4. The van der Waals surface area contributed by atoms with Crippen molar-refractivity contribution in [3.8, 4) is 11.5 Å². The minimum atomic E-state index is -1.06. The molecule has 2 aromatic carbocycles. The molecule has 0 aliphatic heterocycles. The molecule has 0 spiro atoms. The summed E-state index contributed by atoms with van der Waals surface area (Å²) in [5.74, 6) is 0.374. The Morgan fingerprint density at radius 1 is 1.03 bits per heavy atom. The van der Waals surface area contributed by atoms with E-state index in [1.807, 2.05) is 45.0 Å². The number of aromatic nitrogens is 4. The number of carboxylic acids is 1. The van der Waals surface area contributed by atoms with Gasteiger partial charge in [0.1, 0.15) is 23.7 Å². The summed E-state index contributed by atoms with van der Waals surface area (Å²) in [4.78, 5) is 33.7. The zero-order valence-corrected chi connectivity index (χ0v) is 22.4. The van der Waals surface area contributed by atoms with E-state index in [1.165, 1.54) is 22.8 Å². The Bertz CT molecular complexity index is 1500. The first kappa shape index (κ1) is 26.7. The fourth-order valence-electron chi connectivity index (χ4n) is 3.60. The molecule has 4 rings (SSSR count). The number of benzene rings is 2. The minimum absolute atomic E-state index is 0.289. The van der Waals surface area contributed by atoms with Gasteiger partial charge >= 0.3 is 12.0 Å². The van der Waals surface area contributed by atoms with Crippen molar-refractivity contribution in [1.82, 2.24) is 19.7 Å². The number of methoxy groups -OCH3 is 2. The number of carboxylic acid groups (broad SMARTS) is 1. The molecule has 2 aromatic heterocycles. The van der Waals surface area contributed by atoms with Gasteiger partial charge in [-0.15, -0.1) is 0 Å². The highest BCUT2D eigenvalue weighted by atomic mass is 32.2. The molecule has 2 amide bonds. The van der Waals surface area contributed by atoms with Crippen LogP contribution in [0.1, 0.15) is 26.5 Å². The molecule has 0 fully saturated rings. The fourth-order valence-corrected chi connectivity index (χ4v) is 4.53. The molecule has 0 unspecified atom stereocenters. The van der Waals surface area contributed by atoms with Crippen molar-refractivity contribution in [2.45, 2.75) is 42.7 Å². The number of anilines is 2. The quantitative estimate of drug-likeness (QED) is 0.265. The number of fused-ring (bicyclic) bond motifs is 1. The van der Waals surface area contributed by atoms with Crippen LogP contribution in [0.15, 0.2) is 58.7 Å². The van der Waals surface area contributed by atoms with Crippen LogP contribution in [0.5, 0.6) is 11.5 Å². The lowest BCUT2D eigenvalue weighted by Crippen LogP contribution is -2.22. The summed E-state index contributed by atoms with van der Waals surface area (Å²) in [6, 6.07) is 12.1. The molecule has 0 saturated carbocycles. The van der Waals surface area contributed by atoms with Crippen LogP contribution < -0.4 is 20.1 Å². The fraction of sp³-hybridized carbons (Fsp3) is 0.269. The van der Waals surface area contributed by atoms with Crippen LogP contribution in [0.3, 0.4) is 0 Å². The van der Waals surface area contributed by atoms with Crippen molar-refractivity contribution < 1.29 is 24.2 Å². The highest BCUT2D eigenvalue weighted by molar-refractivity contribution is 7.99. The second kappa shape index (κ2) is 11.0. The number of aliphatic carboxylic acids is 1. The molecular weight excluding hydrogens is 508 g/mol. The lowest BCUT2D eigenvalue weighted by Gasteiger charge is -2.13. The van der Waals surface area contributed by atoms with Gasteiger partial charge in [0.2, 0.25) is 0 Å². The van der Waals surface area contributed by atoms with Crippen LogP contribution in [0, 0.1) is 0 Å². The monoisotopic (exact) mass is 536 g/mol. The van der Waals surface area contributed by atoms with E-state index in [2.05, 4.69) is 25.7 Å². The number of ether oxygens (including phenoxy) is 2. The lowest BCUT2D eigenvalue weighted by atomic mass is 9.92. The molecule has 12 heteroatoms. The molecule has 2 heterocycles. The van der Waals surface area contributed by atoms with Gasteiger partial charge in [0.15, 0.2) is 11.5 Å². The van der Waals surface area contributed by atoms with E-state index in [4.69, 9.17) is 9.47 Å². The van der Waals surface area contributed by atoms with Gasteiger partial charge in [-0.25, -0.2) is 19.4 Å². The first-order chi connectivity index (χ1) is 18.1. The predicted molar refractivity (Wildman–Crippen MR) is 144 cm³/mol. The Balaban J connectivity index is 1.53. The number of hydrogen-bond acceptors (Lipinski definition) is 8. The number of amides is 2. The Morgan fingerprint density at radius 3 is 2.45 bits per heavy atom. The molecule has 0 aliphatic carbocycles. The molecule has 0 atom stereocenters. The molecule has 198 valence electrons. The molecule has 0 radical (unpaired) electrons. The summed E-state index contributed by atoms with van der Waals surface area (Å²) >= 11 is 1.41. The molecule has 4 aromatic rings. The first-order valence-corrected chi connectivity index (χ1v) is 12.4. The molecule has 38 heavy (non-hydrogen) atoms. The van der Waals surface area contributed by atoms with Gasteiger partial charge in [-0.05, 0) is 24.3 Å².